The third-order valence-corrected chi connectivity index (χ3v) is 3.04. The zero-order chi connectivity index (χ0) is 13.7. The Morgan fingerprint density at radius 1 is 1.16 bits per heavy atom. The van der Waals surface area contributed by atoms with Crippen LogP contribution in [0.15, 0.2) is 35.1 Å². The van der Waals surface area contributed by atoms with E-state index in [-0.39, 0.29) is 11.4 Å². The molecule has 0 radical (unpaired) electrons. The van der Waals surface area contributed by atoms with Crippen molar-refractivity contribution in [3.8, 4) is 5.88 Å². The summed E-state index contributed by atoms with van der Waals surface area (Å²) in [6.07, 6.45) is 2.75. The highest BCUT2D eigenvalue weighted by molar-refractivity contribution is 5.23. The summed E-state index contributed by atoms with van der Waals surface area (Å²) in [6, 6.07) is 9.99. The largest absolute Gasteiger partial charge is 0.493 e. The number of aromatic hydroxyl groups is 1. The Balaban J connectivity index is 2.12. The van der Waals surface area contributed by atoms with E-state index in [0.29, 0.717) is 24.2 Å². The molecule has 2 rings (SSSR count). The van der Waals surface area contributed by atoms with E-state index in [1.807, 2.05) is 37.3 Å². The van der Waals surface area contributed by atoms with Crippen LogP contribution in [0.5, 0.6) is 5.88 Å². The first-order valence-corrected chi connectivity index (χ1v) is 6.55. The maximum atomic E-state index is 11.8. The number of nitrogens with one attached hydrogen (secondary N) is 1. The van der Waals surface area contributed by atoms with Crippen LogP contribution in [-0.4, -0.2) is 15.1 Å². The molecule has 0 spiro atoms. The molecule has 0 aliphatic heterocycles. The average molecular weight is 258 g/mol. The van der Waals surface area contributed by atoms with Gasteiger partial charge in [-0.15, -0.1) is 0 Å². The van der Waals surface area contributed by atoms with Crippen molar-refractivity contribution in [2.75, 3.05) is 0 Å². The van der Waals surface area contributed by atoms with Crippen molar-refractivity contribution in [2.24, 2.45) is 0 Å². The molecule has 0 aliphatic carbocycles. The number of benzene rings is 1. The molecule has 4 nitrogen and oxygen atoms in total. The van der Waals surface area contributed by atoms with Crippen molar-refractivity contribution in [1.29, 1.82) is 0 Å². The lowest BCUT2D eigenvalue weighted by Crippen LogP contribution is -2.17. The highest BCUT2D eigenvalue weighted by atomic mass is 16.3. The number of aromatic amines is 1. The van der Waals surface area contributed by atoms with Gasteiger partial charge in [-0.3, -0.25) is 4.79 Å². The lowest BCUT2D eigenvalue weighted by atomic mass is 10.1. The van der Waals surface area contributed by atoms with E-state index in [1.54, 1.807) is 0 Å². The molecule has 2 aromatic rings. The van der Waals surface area contributed by atoms with Gasteiger partial charge in [-0.1, -0.05) is 43.7 Å². The number of H-pyrrole nitrogens is 1. The molecule has 19 heavy (non-hydrogen) atoms. The summed E-state index contributed by atoms with van der Waals surface area (Å²) in [7, 11) is 0. The van der Waals surface area contributed by atoms with Crippen LogP contribution in [0.4, 0.5) is 0 Å². The molecule has 2 N–H and O–H groups in total. The van der Waals surface area contributed by atoms with Crippen molar-refractivity contribution in [1.82, 2.24) is 9.97 Å². The Bertz CT molecular complexity index is 591. The lowest BCUT2D eigenvalue weighted by Gasteiger charge is -2.05. The molecular formula is C15H18N2O2. The molecule has 0 bridgehead atoms. The second-order valence-corrected chi connectivity index (χ2v) is 4.55. The third kappa shape index (κ3) is 3.44. The summed E-state index contributed by atoms with van der Waals surface area (Å²) in [5.41, 5.74) is 1.34. The van der Waals surface area contributed by atoms with Crippen molar-refractivity contribution in [2.45, 2.75) is 32.6 Å². The number of nitrogens with zero attached hydrogens (tertiary/aromatic N) is 1. The van der Waals surface area contributed by atoms with E-state index in [1.165, 1.54) is 5.56 Å². The van der Waals surface area contributed by atoms with Gasteiger partial charge in [-0.25, -0.2) is 4.98 Å². The standard InChI is InChI=1S/C15H18N2O2/c1-2-6-12-14(18)16-13(17-15(12)19)10-9-11-7-4-3-5-8-11/h3-5,7-8H,2,6,9-10H2,1H3,(H2,16,17,18,19). The van der Waals surface area contributed by atoms with E-state index in [4.69, 9.17) is 0 Å². The smallest absolute Gasteiger partial charge is 0.257 e. The van der Waals surface area contributed by atoms with Gasteiger partial charge in [-0.05, 0) is 18.4 Å². The first-order chi connectivity index (χ1) is 9.20. The van der Waals surface area contributed by atoms with Gasteiger partial charge in [0.25, 0.3) is 5.56 Å². The van der Waals surface area contributed by atoms with Gasteiger partial charge in [-0.2, -0.15) is 0 Å². The van der Waals surface area contributed by atoms with Gasteiger partial charge in [0.05, 0.1) is 5.56 Å². The monoisotopic (exact) mass is 258 g/mol. The van der Waals surface area contributed by atoms with E-state index < -0.39 is 0 Å². The first-order valence-electron chi connectivity index (χ1n) is 6.55. The summed E-state index contributed by atoms with van der Waals surface area (Å²) in [4.78, 5) is 18.6. The van der Waals surface area contributed by atoms with Crippen molar-refractivity contribution in [3.05, 3.63) is 57.6 Å². The predicted molar refractivity (Wildman–Crippen MR) is 74.4 cm³/mol. The maximum Gasteiger partial charge on any atom is 0.257 e. The summed E-state index contributed by atoms with van der Waals surface area (Å²) >= 11 is 0. The summed E-state index contributed by atoms with van der Waals surface area (Å²) in [6.45, 7) is 1.96. The quantitative estimate of drug-likeness (QED) is 0.864. The molecule has 1 aromatic heterocycles. The molecule has 100 valence electrons. The van der Waals surface area contributed by atoms with Crippen LogP contribution in [0.2, 0.25) is 0 Å². The fourth-order valence-corrected chi connectivity index (χ4v) is 2.03. The Morgan fingerprint density at radius 2 is 1.89 bits per heavy atom. The van der Waals surface area contributed by atoms with Crippen LogP contribution in [0.25, 0.3) is 0 Å². The fourth-order valence-electron chi connectivity index (χ4n) is 2.03. The van der Waals surface area contributed by atoms with Crippen LogP contribution in [-0.2, 0) is 19.3 Å². The van der Waals surface area contributed by atoms with Gasteiger partial charge in [0, 0.05) is 6.42 Å². The first kappa shape index (κ1) is 13.3. The van der Waals surface area contributed by atoms with Gasteiger partial charge in [0.1, 0.15) is 5.82 Å². The van der Waals surface area contributed by atoms with E-state index in [9.17, 15) is 9.90 Å². The van der Waals surface area contributed by atoms with Gasteiger partial charge >= 0.3 is 0 Å². The second kappa shape index (κ2) is 6.18. The lowest BCUT2D eigenvalue weighted by molar-refractivity contribution is 0.438. The SMILES string of the molecule is CCCc1c(O)nc(CCc2ccccc2)[nH]c1=O. The Morgan fingerprint density at radius 3 is 2.53 bits per heavy atom. The van der Waals surface area contributed by atoms with Crippen molar-refractivity contribution in [3.63, 3.8) is 0 Å². The zero-order valence-corrected chi connectivity index (χ0v) is 11.0. The molecule has 0 atom stereocenters. The van der Waals surface area contributed by atoms with Crippen molar-refractivity contribution >= 4 is 0 Å². The highest BCUT2D eigenvalue weighted by Crippen LogP contribution is 2.11. The van der Waals surface area contributed by atoms with E-state index >= 15 is 0 Å². The van der Waals surface area contributed by atoms with Crippen LogP contribution in [0.1, 0.15) is 30.3 Å². The predicted octanol–water partition coefficient (Wildman–Crippen LogP) is 2.21. The summed E-state index contributed by atoms with van der Waals surface area (Å²) < 4.78 is 0. The number of aryl methyl sites for hydroxylation is 2. The molecule has 0 saturated heterocycles. The highest BCUT2D eigenvalue weighted by Gasteiger charge is 2.09. The fraction of sp³-hybridized carbons (Fsp3) is 0.333. The second-order valence-electron chi connectivity index (χ2n) is 4.55. The molecular weight excluding hydrogens is 240 g/mol. The number of aromatic nitrogens is 2. The van der Waals surface area contributed by atoms with Crippen molar-refractivity contribution < 1.29 is 5.11 Å². The third-order valence-electron chi connectivity index (χ3n) is 3.04. The van der Waals surface area contributed by atoms with E-state index in [2.05, 4.69) is 9.97 Å². The molecule has 0 amide bonds. The Kier molecular flexibility index (Phi) is 4.34. The normalized spacial score (nSPS) is 10.6. The van der Waals surface area contributed by atoms with Crippen LogP contribution in [0.3, 0.4) is 0 Å². The van der Waals surface area contributed by atoms with Crippen LogP contribution >= 0.6 is 0 Å². The number of rotatable bonds is 5. The minimum absolute atomic E-state index is 0.131. The van der Waals surface area contributed by atoms with Crippen LogP contribution < -0.4 is 5.56 Å². The zero-order valence-electron chi connectivity index (χ0n) is 11.0. The maximum absolute atomic E-state index is 11.8. The molecule has 0 unspecified atom stereocenters. The summed E-state index contributed by atoms with van der Waals surface area (Å²) in [5, 5.41) is 9.77. The number of hydrogen-bond donors (Lipinski definition) is 2. The topological polar surface area (TPSA) is 66.0 Å². The summed E-state index contributed by atoms with van der Waals surface area (Å²) in [5.74, 6) is 0.403. The van der Waals surface area contributed by atoms with Gasteiger partial charge in [0.15, 0.2) is 0 Å². The molecule has 4 heteroatoms. The average Bonchev–Trinajstić information content (AvgIpc) is 2.42. The van der Waals surface area contributed by atoms with Gasteiger partial charge < -0.3 is 10.1 Å². The molecule has 0 fully saturated rings. The van der Waals surface area contributed by atoms with Crippen LogP contribution in [0, 0.1) is 0 Å². The molecule has 0 aliphatic rings. The molecule has 1 aromatic carbocycles. The van der Waals surface area contributed by atoms with E-state index in [0.717, 1.165) is 12.8 Å². The Hall–Kier alpha value is -2.10. The van der Waals surface area contributed by atoms with Gasteiger partial charge in [0.2, 0.25) is 5.88 Å². The molecule has 1 heterocycles. The minimum Gasteiger partial charge on any atom is -0.493 e. The number of hydrogen-bond acceptors (Lipinski definition) is 3. The molecule has 0 saturated carbocycles. The Labute approximate surface area is 112 Å². The minimum atomic E-state index is -0.225.